The molecule has 2 aromatic carbocycles. The summed E-state index contributed by atoms with van der Waals surface area (Å²) in [6.45, 7) is 2.53. The minimum atomic E-state index is 0.0162. The van der Waals surface area contributed by atoms with Gasteiger partial charge >= 0.3 is 0 Å². The molecular formula is C26H29N3O3. The summed E-state index contributed by atoms with van der Waals surface area (Å²) in [5.74, 6) is 0.610. The summed E-state index contributed by atoms with van der Waals surface area (Å²) >= 11 is 0. The number of hydrogen-bond acceptors (Lipinski definition) is 5. The Bertz CT molecular complexity index is 1050. The van der Waals surface area contributed by atoms with Crippen molar-refractivity contribution in [2.45, 2.75) is 26.2 Å². The largest absolute Gasteiger partial charge is 0.491 e. The number of amides is 1. The number of hydrogen-bond donors (Lipinski definition) is 1. The number of benzene rings is 2. The molecule has 1 amide bonds. The van der Waals surface area contributed by atoms with Crippen LogP contribution >= 0.6 is 0 Å². The van der Waals surface area contributed by atoms with Crippen molar-refractivity contribution in [3.63, 3.8) is 0 Å². The Hall–Kier alpha value is -3.51. The number of ether oxygens (including phenoxy) is 1. The summed E-state index contributed by atoms with van der Waals surface area (Å²) in [5.41, 5.74) is 9.93. The summed E-state index contributed by atoms with van der Waals surface area (Å²) in [5, 5.41) is 0. The molecule has 2 N–H and O–H groups in total. The molecule has 0 aliphatic rings. The molecule has 1 aromatic heterocycles. The molecule has 166 valence electrons. The van der Waals surface area contributed by atoms with Gasteiger partial charge in [0.05, 0.1) is 5.56 Å². The van der Waals surface area contributed by atoms with Crippen LogP contribution in [-0.4, -0.2) is 36.9 Å². The Labute approximate surface area is 189 Å². The lowest BCUT2D eigenvalue weighted by atomic mass is 9.98. The predicted octanol–water partition coefficient (Wildman–Crippen LogP) is 4.27. The first kappa shape index (κ1) is 23.2. The van der Waals surface area contributed by atoms with E-state index in [0.29, 0.717) is 43.7 Å². The number of aromatic nitrogens is 1. The van der Waals surface area contributed by atoms with Crippen LogP contribution in [0.2, 0.25) is 0 Å². The maximum Gasteiger partial charge on any atom is 0.226 e. The molecule has 0 aliphatic heterocycles. The van der Waals surface area contributed by atoms with Crippen molar-refractivity contribution in [1.82, 2.24) is 4.98 Å². The van der Waals surface area contributed by atoms with Crippen LogP contribution in [0.15, 0.2) is 67.0 Å². The Morgan fingerprint density at radius 2 is 1.81 bits per heavy atom. The first-order chi connectivity index (χ1) is 15.5. The quantitative estimate of drug-likeness (QED) is 0.485. The van der Waals surface area contributed by atoms with Gasteiger partial charge in [-0.15, -0.1) is 0 Å². The lowest BCUT2D eigenvalue weighted by Crippen LogP contribution is -2.24. The average Bonchev–Trinajstić information content (AvgIpc) is 2.85. The van der Waals surface area contributed by atoms with Crippen LogP contribution in [0.1, 0.15) is 35.7 Å². The number of anilines is 1. The maximum atomic E-state index is 12.9. The number of carbonyl (C=O) groups excluding carboxylic acids is 2. The van der Waals surface area contributed by atoms with Gasteiger partial charge in [-0.2, -0.15) is 0 Å². The van der Waals surface area contributed by atoms with Crippen LogP contribution in [0.3, 0.4) is 0 Å². The molecule has 1 heterocycles. The van der Waals surface area contributed by atoms with Gasteiger partial charge in [0.1, 0.15) is 12.4 Å². The number of pyridine rings is 1. The normalized spacial score (nSPS) is 10.6. The van der Waals surface area contributed by atoms with Crippen molar-refractivity contribution in [3.8, 4) is 16.9 Å². The van der Waals surface area contributed by atoms with Crippen molar-refractivity contribution < 1.29 is 14.3 Å². The minimum absolute atomic E-state index is 0.0162. The lowest BCUT2D eigenvalue weighted by molar-refractivity contribution is -0.118. The van der Waals surface area contributed by atoms with Crippen molar-refractivity contribution >= 4 is 17.4 Å². The SMILES string of the molecule is CCC(=O)N(C)c1ccc(-c2ccc(C(=O)CCc3cccnc3)c(OCCN)c2)cc1. The fourth-order valence-electron chi connectivity index (χ4n) is 3.42. The summed E-state index contributed by atoms with van der Waals surface area (Å²) in [6.07, 6.45) is 4.94. The van der Waals surface area contributed by atoms with Gasteiger partial charge in [0.2, 0.25) is 5.91 Å². The number of nitrogens with two attached hydrogens (primary N) is 1. The molecule has 0 saturated carbocycles. The molecule has 32 heavy (non-hydrogen) atoms. The van der Waals surface area contributed by atoms with E-state index in [-0.39, 0.29) is 11.7 Å². The highest BCUT2D eigenvalue weighted by Crippen LogP contribution is 2.30. The van der Waals surface area contributed by atoms with Gasteiger partial charge in [-0.05, 0) is 53.4 Å². The van der Waals surface area contributed by atoms with Crippen molar-refractivity contribution in [2.75, 3.05) is 25.1 Å². The first-order valence-electron chi connectivity index (χ1n) is 10.8. The number of rotatable bonds is 10. The fourth-order valence-corrected chi connectivity index (χ4v) is 3.42. The predicted molar refractivity (Wildman–Crippen MR) is 127 cm³/mol. The van der Waals surface area contributed by atoms with E-state index in [2.05, 4.69) is 4.98 Å². The van der Waals surface area contributed by atoms with E-state index in [1.165, 1.54) is 0 Å². The Morgan fingerprint density at radius 3 is 2.47 bits per heavy atom. The lowest BCUT2D eigenvalue weighted by Gasteiger charge is -2.17. The van der Waals surface area contributed by atoms with Crippen molar-refractivity contribution in [2.24, 2.45) is 5.73 Å². The topological polar surface area (TPSA) is 85.5 Å². The summed E-state index contributed by atoms with van der Waals surface area (Å²) in [4.78, 5) is 30.6. The number of Topliss-reactive ketones (excluding diaryl/α,β-unsaturated/α-hetero) is 1. The molecule has 0 spiro atoms. The highest BCUT2D eigenvalue weighted by atomic mass is 16.5. The van der Waals surface area contributed by atoms with Crippen LogP contribution in [0.25, 0.3) is 11.1 Å². The van der Waals surface area contributed by atoms with Gasteiger partial charge in [0.15, 0.2) is 5.78 Å². The van der Waals surface area contributed by atoms with Crippen LogP contribution in [0.4, 0.5) is 5.69 Å². The molecule has 3 aromatic rings. The van der Waals surface area contributed by atoms with Crippen LogP contribution < -0.4 is 15.4 Å². The molecule has 0 radical (unpaired) electrons. The Balaban J connectivity index is 1.81. The van der Waals surface area contributed by atoms with Gasteiger partial charge < -0.3 is 15.4 Å². The van der Waals surface area contributed by atoms with Crippen LogP contribution in [0, 0.1) is 0 Å². The van der Waals surface area contributed by atoms with E-state index < -0.39 is 0 Å². The zero-order valence-corrected chi connectivity index (χ0v) is 18.6. The molecule has 0 fully saturated rings. The monoisotopic (exact) mass is 431 g/mol. The second-order valence-electron chi connectivity index (χ2n) is 7.49. The van der Waals surface area contributed by atoms with E-state index in [1.54, 1.807) is 24.3 Å². The third-order valence-corrected chi connectivity index (χ3v) is 5.29. The molecule has 0 aliphatic carbocycles. The molecule has 0 unspecified atom stereocenters. The minimum Gasteiger partial charge on any atom is -0.491 e. The zero-order chi connectivity index (χ0) is 22.9. The smallest absolute Gasteiger partial charge is 0.226 e. The third kappa shape index (κ3) is 5.80. The number of ketones is 1. The van der Waals surface area contributed by atoms with Gasteiger partial charge in [-0.3, -0.25) is 14.6 Å². The van der Waals surface area contributed by atoms with Crippen LogP contribution in [-0.2, 0) is 11.2 Å². The van der Waals surface area contributed by atoms with Crippen molar-refractivity contribution in [3.05, 3.63) is 78.1 Å². The van der Waals surface area contributed by atoms with Crippen molar-refractivity contribution in [1.29, 1.82) is 0 Å². The van der Waals surface area contributed by atoms with E-state index in [0.717, 1.165) is 22.4 Å². The number of aryl methyl sites for hydroxylation is 1. The summed E-state index contributed by atoms with van der Waals surface area (Å²) in [6, 6.07) is 17.2. The Kier molecular flexibility index (Phi) is 8.11. The second kappa shape index (κ2) is 11.2. The molecule has 0 saturated heterocycles. The maximum absolute atomic E-state index is 12.9. The third-order valence-electron chi connectivity index (χ3n) is 5.29. The highest BCUT2D eigenvalue weighted by molar-refractivity contribution is 5.99. The highest BCUT2D eigenvalue weighted by Gasteiger charge is 2.15. The molecule has 0 atom stereocenters. The molecule has 0 bridgehead atoms. The summed E-state index contributed by atoms with van der Waals surface area (Å²) in [7, 11) is 1.77. The standard InChI is InChI=1S/C26H29N3O3/c1-3-26(31)29(2)22-10-7-20(8-11-22)21-9-12-23(25(17-21)32-16-14-27)24(30)13-6-19-5-4-15-28-18-19/h4-5,7-12,15,17-18H,3,6,13-14,16,27H2,1-2H3. The fraction of sp³-hybridized carbons (Fsp3) is 0.269. The number of carbonyl (C=O) groups is 2. The number of nitrogens with zero attached hydrogens (tertiary/aromatic N) is 2. The first-order valence-corrected chi connectivity index (χ1v) is 10.8. The molecular weight excluding hydrogens is 402 g/mol. The summed E-state index contributed by atoms with van der Waals surface area (Å²) < 4.78 is 5.82. The molecule has 3 rings (SSSR count). The van der Waals surface area contributed by atoms with E-state index >= 15 is 0 Å². The van der Waals surface area contributed by atoms with Gasteiger partial charge in [0, 0.05) is 44.5 Å². The van der Waals surface area contributed by atoms with Gasteiger partial charge in [-0.25, -0.2) is 0 Å². The molecule has 6 heteroatoms. The van der Waals surface area contributed by atoms with E-state index in [4.69, 9.17) is 10.5 Å². The van der Waals surface area contributed by atoms with Crippen LogP contribution in [0.5, 0.6) is 5.75 Å². The average molecular weight is 432 g/mol. The van der Waals surface area contributed by atoms with E-state index in [9.17, 15) is 9.59 Å². The second-order valence-corrected chi connectivity index (χ2v) is 7.49. The molecule has 6 nitrogen and oxygen atoms in total. The van der Waals surface area contributed by atoms with Gasteiger partial charge in [-0.1, -0.05) is 31.2 Å². The van der Waals surface area contributed by atoms with E-state index in [1.807, 2.05) is 61.5 Å². The Morgan fingerprint density at radius 1 is 1.06 bits per heavy atom. The zero-order valence-electron chi connectivity index (χ0n) is 18.6. The van der Waals surface area contributed by atoms with Gasteiger partial charge in [0.25, 0.3) is 0 Å².